The van der Waals surface area contributed by atoms with Crippen molar-refractivity contribution in [3.63, 3.8) is 0 Å². The summed E-state index contributed by atoms with van der Waals surface area (Å²) in [5.74, 6) is 0.430. The van der Waals surface area contributed by atoms with Crippen LogP contribution in [0, 0.1) is 0 Å². The number of benzene rings is 1. The highest BCUT2D eigenvalue weighted by Crippen LogP contribution is 2.42. The number of carbonyl (C=O) groups is 1. The number of aldehydes is 1. The third-order valence-electron chi connectivity index (χ3n) is 3.21. The molecule has 0 aliphatic heterocycles. The maximum absolute atomic E-state index is 11.1. The number of carbonyl (C=O) groups excluding carboxylic acids is 1. The summed E-state index contributed by atoms with van der Waals surface area (Å²) in [6.07, 6.45) is 3.05. The van der Waals surface area contributed by atoms with E-state index in [1.165, 1.54) is 0 Å². The van der Waals surface area contributed by atoms with Crippen LogP contribution in [-0.4, -0.2) is 16.1 Å². The molecular formula is C14H13ClN2O. The minimum absolute atomic E-state index is 0.430. The summed E-state index contributed by atoms with van der Waals surface area (Å²) >= 11 is 6.22. The Hall–Kier alpha value is -1.61. The number of aromatic nitrogens is 2. The van der Waals surface area contributed by atoms with Gasteiger partial charge in [-0.15, -0.1) is 0 Å². The topological polar surface area (TPSA) is 34.9 Å². The Morgan fingerprint density at radius 2 is 2.06 bits per heavy atom. The second-order valence-corrected chi connectivity index (χ2v) is 4.98. The highest BCUT2D eigenvalue weighted by atomic mass is 35.5. The molecule has 1 fully saturated rings. The van der Waals surface area contributed by atoms with Crippen LogP contribution in [0.5, 0.6) is 0 Å². The fourth-order valence-corrected chi connectivity index (χ4v) is 2.34. The van der Waals surface area contributed by atoms with Gasteiger partial charge in [0.25, 0.3) is 0 Å². The summed E-state index contributed by atoms with van der Waals surface area (Å²) in [7, 11) is 0. The Morgan fingerprint density at radius 1 is 1.33 bits per heavy atom. The molecule has 0 amide bonds. The van der Waals surface area contributed by atoms with Gasteiger partial charge in [0, 0.05) is 5.92 Å². The van der Waals surface area contributed by atoms with Crippen LogP contribution in [0.25, 0.3) is 0 Å². The second kappa shape index (κ2) is 4.58. The van der Waals surface area contributed by atoms with E-state index in [9.17, 15) is 4.79 Å². The molecule has 2 aromatic rings. The molecule has 18 heavy (non-hydrogen) atoms. The molecule has 0 unspecified atom stereocenters. The highest BCUT2D eigenvalue weighted by molar-refractivity contribution is 6.32. The first-order valence-corrected chi connectivity index (χ1v) is 6.42. The highest BCUT2D eigenvalue weighted by Gasteiger charge is 2.31. The van der Waals surface area contributed by atoms with Crippen LogP contribution >= 0.6 is 11.6 Å². The summed E-state index contributed by atoms with van der Waals surface area (Å²) in [6.45, 7) is 0.604. The van der Waals surface area contributed by atoms with Crippen molar-refractivity contribution in [1.82, 2.24) is 9.78 Å². The smallest absolute Gasteiger partial charge is 0.155 e. The predicted molar refractivity (Wildman–Crippen MR) is 70.1 cm³/mol. The van der Waals surface area contributed by atoms with E-state index in [-0.39, 0.29) is 0 Å². The van der Waals surface area contributed by atoms with Crippen LogP contribution < -0.4 is 0 Å². The van der Waals surface area contributed by atoms with E-state index in [1.807, 2.05) is 30.3 Å². The molecule has 1 aliphatic carbocycles. The summed E-state index contributed by atoms with van der Waals surface area (Å²) < 4.78 is 1.72. The van der Waals surface area contributed by atoms with Gasteiger partial charge in [-0.05, 0) is 18.4 Å². The summed E-state index contributed by atoms with van der Waals surface area (Å²) in [5.41, 5.74) is 2.56. The summed E-state index contributed by atoms with van der Waals surface area (Å²) in [6, 6.07) is 9.98. The maximum Gasteiger partial charge on any atom is 0.155 e. The summed E-state index contributed by atoms with van der Waals surface area (Å²) in [4.78, 5) is 11.1. The molecule has 0 atom stereocenters. The van der Waals surface area contributed by atoms with Crippen molar-refractivity contribution in [3.05, 3.63) is 52.3 Å². The van der Waals surface area contributed by atoms with Crippen molar-refractivity contribution < 1.29 is 4.79 Å². The van der Waals surface area contributed by atoms with Gasteiger partial charge in [0.1, 0.15) is 5.15 Å². The minimum atomic E-state index is 0.430. The minimum Gasteiger partial charge on any atom is -0.298 e. The van der Waals surface area contributed by atoms with Crippen molar-refractivity contribution in [2.45, 2.75) is 25.3 Å². The monoisotopic (exact) mass is 260 g/mol. The number of halogens is 1. The first-order chi connectivity index (χ1) is 8.79. The third kappa shape index (κ3) is 2.06. The molecule has 1 aromatic carbocycles. The van der Waals surface area contributed by atoms with Crippen LogP contribution in [0.2, 0.25) is 5.15 Å². The Bertz CT molecular complexity index is 573. The number of nitrogens with zero attached hydrogens (tertiary/aromatic N) is 2. The van der Waals surface area contributed by atoms with Crippen molar-refractivity contribution in [2.75, 3.05) is 0 Å². The van der Waals surface area contributed by atoms with Gasteiger partial charge in [-0.2, -0.15) is 5.10 Å². The van der Waals surface area contributed by atoms with Crippen molar-refractivity contribution in [1.29, 1.82) is 0 Å². The lowest BCUT2D eigenvalue weighted by atomic mass is 10.2. The maximum atomic E-state index is 11.1. The molecule has 3 rings (SSSR count). The molecule has 0 bridgehead atoms. The average Bonchev–Trinajstić information content (AvgIpc) is 3.18. The quantitative estimate of drug-likeness (QED) is 0.791. The van der Waals surface area contributed by atoms with Gasteiger partial charge in [0.15, 0.2) is 6.29 Å². The van der Waals surface area contributed by atoms with E-state index in [2.05, 4.69) is 5.10 Å². The Kier molecular flexibility index (Phi) is 2.92. The standard InChI is InChI=1S/C14H13ClN2O/c15-14-12(9-18)13(11-6-7-11)16-17(14)8-10-4-2-1-3-5-10/h1-5,9,11H,6-8H2. The molecule has 3 nitrogen and oxygen atoms in total. The van der Waals surface area contributed by atoms with Crippen LogP contribution in [0.1, 0.15) is 40.4 Å². The zero-order valence-corrected chi connectivity index (χ0v) is 10.6. The first-order valence-electron chi connectivity index (χ1n) is 6.05. The van der Waals surface area contributed by atoms with E-state index in [1.54, 1.807) is 4.68 Å². The molecular weight excluding hydrogens is 248 g/mol. The molecule has 0 N–H and O–H groups in total. The number of rotatable bonds is 4. The van der Waals surface area contributed by atoms with Crippen molar-refractivity contribution in [3.8, 4) is 0 Å². The zero-order chi connectivity index (χ0) is 12.5. The lowest BCUT2D eigenvalue weighted by Gasteiger charge is -2.02. The first kappa shape index (κ1) is 11.5. The normalized spacial score (nSPS) is 14.7. The summed E-state index contributed by atoms with van der Waals surface area (Å²) in [5, 5.41) is 4.95. The lowest BCUT2D eigenvalue weighted by molar-refractivity contribution is 0.112. The van der Waals surface area contributed by atoms with Gasteiger partial charge in [-0.1, -0.05) is 41.9 Å². The van der Waals surface area contributed by atoms with Gasteiger partial charge >= 0.3 is 0 Å². The van der Waals surface area contributed by atoms with Gasteiger partial charge in [0.2, 0.25) is 0 Å². The Morgan fingerprint density at radius 3 is 2.67 bits per heavy atom. The van der Waals surface area contributed by atoms with Gasteiger partial charge in [-0.3, -0.25) is 4.79 Å². The Labute approximate surface area is 110 Å². The number of hydrogen-bond donors (Lipinski definition) is 0. The molecule has 0 radical (unpaired) electrons. The fraction of sp³-hybridized carbons (Fsp3) is 0.286. The van der Waals surface area contributed by atoms with E-state index in [0.717, 1.165) is 30.4 Å². The van der Waals surface area contributed by atoms with E-state index < -0.39 is 0 Å². The average molecular weight is 261 g/mol. The lowest BCUT2D eigenvalue weighted by Crippen LogP contribution is -2.02. The van der Waals surface area contributed by atoms with E-state index in [0.29, 0.717) is 23.2 Å². The molecule has 0 spiro atoms. The van der Waals surface area contributed by atoms with Gasteiger partial charge in [0.05, 0.1) is 17.8 Å². The largest absolute Gasteiger partial charge is 0.298 e. The number of hydrogen-bond acceptors (Lipinski definition) is 2. The van der Waals surface area contributed by atoms with Gasteiger partial charge in [-0.25, -0.2) is 4.68 Å². The van der Waals surface area contributed by atoms with E-state index >= 15 is 0 Å². The van der Waals surface area contributed by atoms with Gasteiger partial charge < -0.3 is 0 Å². The molecule has 92 valence electrons. The molecule has 0 saturated heterocycles. The zero-order valence-electron chi connectivity index (χ0n) is 9.84. The van der Waals surface area contributed by atoms with Crippen LogP contribution in [0.15, 0.2) is 30.3 Å². The molecule has 1 heterocycles. The second-order valence-electron chi connectivity index (χ2n) is 4.63. The molecule has 1 aliphatic rings. The molecule has 1 saturated carbocycles. The van der Waals surface area contributed by atoms with E-state index in [4.69, 9.17) is 11.6 Å². The van der Waals surface area contributed by atoms with Crippen LogP contribution in [-0.2, 0) is 6.54 Å². The predicted octanol–water partition coefficient (Wildman–Crippen LogP) is 3.27. The SMILES string of the molecule is O=Cc1c(C2CC2)nn(Cc2ccccc2)c1Cl. The Balaban J connectivity index is 1.95. The van der Waals surface area contributed by atoms with Crippen LogP contribution in [0.3, 0.4) is 0 Å². The fourth-order valence-electron chi connectivity index (χ4n) is 2.10. The molecule has 4 heteroatoms. The molecule has 1 aromatic heterocycles. The van der Waals surface area contributed by atoms with Crippen LogP contribution in [0.4, 0.5) is 0 Å². The third-order valence-corrected chi connectivity index (χ3v) is 3.61. The van der Waals surface area contributed by atoms with Crippen molar-refractivity contribution >= 4 is 17.9 Å². The van der Waals surface area contributed by atoms with Crippen molar-refractivity contribution in [2.24, 2.45) is 0 Å².